The fraction of sp³-hybridized carbons (Fsp3) is 0.533. The summed E-state index contributed by atoms with van der Waals surface area (Å²) in [6.07, 6.45) is 2.69. The average Bonchev–Trinajstić information content (AvgIpc) is 2.47. The van der Waals surface area contributed by atoms with Crippen molar-refractivity contribution in [3.63, 3.8) is 0 Å². The van der Waals surface area contributed by atoms with Crippen LogP contribution in [0.5, 0.6) is 0 Å². The highest BCUT2D eigenvalue weighted by Crippen LogP contribution is 2.26. The van der Waals surface area contributed by atoms with Gasteiger partial charge in [-0.3, -0.25) is 4.79 Å². The van der Waals surface area contributed by atoms with E-state index in [4.69, 9.17) is 4.74 Å². The molecule has 4 heteroatoms. The lowest BCUT2D eigenvalue weighted by Crippen LogP contribution is -2.47. The van der Waals surface area contributed by atoms with Crippen molar-refractivity contribution < 1.29 is 9.53 Å². The van der Waals surface area contributed by atoms with E-state index in [1.54, 1.807) is 0 Å². The average molecular weight is 260 g/mol. The first-order chi connectivity index (χ1) is 9.33. The van der Waals surface area contributed by atoms with Gasteiger partial charge in [0, 0.05) is 25.6 Å². The molecular formula is C15H20N2O2. The maximum absolute atomic E-state index is 11.1. The summed E-state index contributed by atoms with van der Waals surface area (Å²) >= 11 is 0. The smallest absolute Gasteiger partial charge is 0.220 e. The second-order valence-electron chi connectivity index (χ2n) is 5.26. The molecule has 3 rings (SSSR count). The molecule has 0 spiro atoms. The fourth-order valence-corrected chi connectivity index (χ4v) is 2.83. The number of piperidine rings is 1. The van der Waals surface area contributed by atoms with Gasteiger partial charge in [0.05, 0.1) is 12.7 Å². The quantitative estimate of drug-likeness (QED) is 0.857. The van der Waals surface area contributed by atoms with Crippen LogP contribution in [0.15, 0.2) is 24.3 Å². The number of fused-ring (bicyclic) bond motifs is 1. The van der Waals surface area contributed by atoms with Crippen LogP contribution in [0.3, 0.4) is 0 Å². The van der Waals surface area contributed by atoms with Gasteiger partial charge in [0.2, 0.25) is 5.91 Å². The molecule has 0 radical (unpaired) electrons. The Kier molecular flexibility index (Phi) is 3.80. The Morgan fingerprint density at radius 2 is 2.21 bits per heavy atom. The van der Waals surface area contributed by atoms with Gasteiger partial charge in [-0.25, -0.2) is 0 Å². The number of carbonyl (C=O) groups excluding carboxylic acids is 1. The predicted molar refractivity (Wildman–Crippen MR) is 72.9 cm³/mol. The maximum Gasteiger partial charge on any atom is 0.220 e. The first kappa shape index (κ1) is 12.6. The summed E-state index contributed by atoms with van der Waals surface area (Å²) in [6.45, 7) is 2.34. The van der Waals surface area contributed by atoms with Crippen LogP contribution in [-0.4, -0.2) is 31.6 Å². The van der Waals surface area contributed by atoms with Crippen molar-refractivity contribution in [1.82, 2.24) is 10.6 Å². The maximum atomic E-state index is 11.1. The van der Waals surface area contributed by atoms with Gasteiger partial charge in [-0.2, -0.15) is 0 Å². The summed E-state index contributed by atoms with van der Waals surface area (Å²) in [7, 11) is 0. The molecule has 4 nitrogen and oxygen atoms in total. The highest BCUT2D eigenvalue weighted by molar-refractivity contribution is 5.76. The molecule has 0 aromatic heterocycles. The minimum Gasteiger partial charge on any atom is -0.372 e. The minimum atomic E-state index is 0.141. The largest absolute Gasteiger partial charge is 0.372 e. The lowest BCUT2D eigenvalue weighted by Gasteiger charge is -2.29. The van der Waals surface area contributed by atoms with Crippen LogP contribution in [0.2, 0.25) is 0 Å². The number of hydrogen-bond acceptors (Lipinski definition) is 3. The molecule has 102 valence electrons. The van der Waals surface area contributed by atoms with Gasteiger partial charge in [-0.15, -0.1) is 0 Å². The van der Waals surface area contributed by atoms with Crippen molar-refractivity contribution in [2.45, 2.75) is 31.4 Å². The molecular weight excluding hydrogens is 240 g/mol. The van der Waals surface area contributed by atoms with E-state index in [2.05, 4.69) is 34.9 Å². The first-order valence-corrected chi connectivity index (χ1v) is 7.02. The molecule has 1 aromatic carbocycles. The number of benzene rings is 1. The van der Waals surface area contributed by atoms with Crippen molar-refractivity contribution in [1.29, 1.82) is 0 Å². The van der Waals surface area contributed by atoms with Gasteiger partial charge >= 0.3 is 0 Å². The molecule has 0 bridgehead atoms. The third-order valence-corrected chi connectivity index (χ3v) is 3.95. The Morgan fingerprint density at radius 3 is 3.05 bits per heavy atom. The van der Waals surface area contributed by atoms with E-state index in [0.717, 1.165) is 32.5 Å². The molecule has 1 aromatic rings. The molecule has 2 heterocycles. The van der Waals surface area contributed by atoms with Gasteiger partial charge < -0.3 is 15.4 Å². The SMILES string of the molecule is O=C1CCC(NCC2OCCc3ccccc32)CN1. The van der Waals surface area contributed by atoms with Gasteiger partial charge in [-0.1, -0.05) is 24.3 Å². The third-order valence-electron chi connectivity index (χ3n) is 3.95. The van der Waals surface area contributed by atoms with Crippen LogP contribution in [0.1, 0.15) is 30.1 Å². The summed E-state index contributed by atoms with van der Waals surface area (Å²) in [5.74, 6) is 0.164. The van der Waals surface area contributed by atoms with Crippen molar-refractivity contribution in [2.75, 3.05) is 19.7 Å². The van der Waals surface area contributed by atoms with Gasteiger partial charge in [0.15, 0.2) is 0 Å². The Morgan fingerprint density at radius 1 is 1.32 bits per heavy atom. The molecule has 2 N–H and O–H groups in total. The highest BCUT2D eigenvalue weighted by Gasteiger charge is 2.23. The van der Waals surface area contributed by atoms with Crippen LogP contribution in [0.25, 0.3) is 0 Å². The second-order valence-corrected chi connectivity index (χ2v) is 5.26. The molecule has 2 atom stereocenters. The second kappa shape index (κ2) is 5.72. The van der Waals surface area contributed by atoms with Crippen LogP contribution in [0.4, 0.5) is 0 Å². The number of carbonyl (C=O) groups is 1. The van der Waals surface area contributed by atoms with E-state index in [1.807, 2.05) is 0 Å². The molecule has 0 aliphatic carbocycles. The van der Waals surface area contributed by atoms with Crippen molar-refractivity contribution in [3.8, 4) is 0 Å². The van der Waals surface area contributed by atoms with E-state index in [-0.39, 0.29) is 12.0 Å². The zero-order chi connectivity index (χ0) is 13.1. The summed E-state index contributed by atoms with van der Waals surface area (Å²) < 4.78 is 5.87. The standard InChI is InChI=1S/C15H20N2O2/c18-15-6-5-12(9-17-15)16-10-14-13-4-2-1-3-11(13)7-8-19-14/h1-4,12,14,16H,5-10H2,(H,17,18). The van der Waals surface area contributed by atoms with Crippen LogP contribution in [-0.2, 0) is 16.0 Å². The van der Waals surface area contributed by atoms with Gasteiger partial charge in [0.25, 0.3) is 0 Å². The predicted octanol–water partition coefficient (Wildman–Crippen LogP) is 1.17. The van der Waals surface area contributed by atoms with E-state index in [1.165, 1.54) is 11.1 Å². The Labute approximate surface area is 113 Å². The molecule has 1 saturated heterocycles. The van der Waals surface area contributed by atoms with E-state index < -0.39 is 0 Å². The summed E-state index contributed by atoms with van der Waals surface area (Å²) in [5, 5.41) is 6.41. The van der Waals surface area contributed by atoms with Crippen molar-refractivity contribution >= 4 is 5.91 Å². The Bertz CT molecular complexity index is 451. The van der Waals surface area contributed by atoms with Crippen molar-refractivity contribution in [3.05, 3.63) is 35.4 Å². The summed E-state index contributed by atoms with van der Waals surface area (Å²) in [6, 6.07) is 8.87. The normalized spacial score (nSPS) is 26.6. The van der Waals surface area contributed by atoms with Crippen LogP contribution >= 0.6 is 0 Å². The van der Waals surface area contributed by atoms with Crippen molar-refractivity contribution in [2.24, 2.45) is 0 Å². The topological polar surface area (TPSA) is 50.4 Å². The highest BCUT2D eigenvalue weighted by atomic mass is 16.5. The fourth-order valence-electron chi connectivity index (χ4n) is 2.83. The molecule has 0 saturated carbocycles. The lowest BCUT2D eigenvalue weighted by molar-refractivity contribution is -0.122. The van der Waals surface area contributed by atoms with Crippen LogP contribution in [0, 0.1) is 0 Å². The first-order valence-electron chi connectivity index (χ1n) is 7.02. The third kappa shape index (κ3) is 2.96. The zero-order valence-electron chi connectivity index (χ0n) is 11.0. The lowest BCUT2D eigenvalue weighted by atomic mass is 9.97. The molecule has 2 unspecified atom stereocenters. The number of ether oxygens (including phenoxy) is 1. The van der Waals surface area contributed by atoms with Crippen LogP contribution < -0.4 is 10.6 Å². The monoisotopic (exact) mass is 260 g/mol. The van der Waals surface area contributed by atoms with Gasteiger partial charge in [-0.05, 0) is 24.0 Å². The number of nitrogens with one attached hydrogen (secondary N) is 2. The Balaban J connectivity index is 1.58. The summed E-state index contributed by atoms with van der Waals surface area (Å²) in [4.78, 5) is 11.1. The number of hydrogen-bond donors (Lipinski definition) is 2. The molecule has 2 aliphatic heterocycles. The molecule has 2 aliphatic rings. The summed E-state index contributed by atoms with van der Waals surface area (Å²) in [5.41, 5.74) is 2.71. The van der Waals surface area contributed by atoms with E-state index >= 15 is 0 Å². The Hall–Kier alpha value is -1.39. The molecule has 1 fully saturated rings. The zero-order valence-corrected chi connectivity index (χ0v) is 11.0. The number of amides is 1. The minimum absolute atomic E-state index is 0.141. The molecule has 19 heavy (non-hydrogen) atoms. The van der Waals surface area contributed by atoms with Gasteiger partial charge in [0.1, 0.15) is 0 Å². The van der Waals surface area contributed by atoms with E-state index in [9.17, 15) is 4.79 Å². The number of rotatable bonds is 3. The molecule has 1 amide bonds. The van der Waals surface area contributed by atoms with E-state index in [0.29, 0.717) is 12.5 Å².